The smallest absolute Gasteiger partial charge is 0.255 e. The lowest BCUT2D eigenvalue weighted by atomic mass is 10.2. The number of pyridine rings is 2. The molecule has 2 heterocycles. The van der Waals surface area contributed by atoms with Gasteiger partial charge in [-0.2, -0.15) is 0 Å². The fraction of sp³-hybridized carbons (Fsp3) is 0.167. The van der Waals surface area contributed by atoms with Crippen LogP contribution in [0.3, 0.4) is 0 Å². The first kappa shape index (κ1) is 10.6. The molecule has 0 saturated heterocycles. The van der Waals surface area contributed by atoms with Crippen molar-refractivity contribution in [1.82, 2.24) is 9.55 Å². The Bertz CT molecular complexity index is 519. The van der Waals surface area contributed by atoms with E-state index in [2.05, 4.69) is 4.98 Å². The Morgan fingerprint density at radius 2 is 2.00 bits per heavy atom. The van der Waals surface area contributed by atoms with E-state index in [1.165, 1.54) is 0 Å². The normalized spacial score (nSPS) is 10.3. The van der Waals surface area contributed by atoms with Crippen LogP contribution in [0, 0.1) is 0 Å². The maximum atomic E-state index is 11.9. The van der Waals surface area contributed by atoms with E-state index in [1.807, 2.05) is 18.2 Å². The van der Waals surface area contributed by atoms with Crippen LogP contribution in [0.25, 0.3) is 0 Å². The van der Waals surface area contributed by atoms with Crippen LogP contribution in [0.5, 0.6) is 0 Å². The summed E-state index contributed by atoms with van der Waals surface area (Å²) in [7, 11) is 0. The molecule has 0 amide bonds. The molecule has 0 radical (unpaired) electrons. The van der Waals surface area contributed by atoms with Crippen LogP contribution in [-0.4, -0.2) is 9.55 Å². The molecule has 0 unspecified atom stereocenters. The molecule has 4 nitrogen and oxygen atoms in total. The first-order chi connectivity index (χ1) is 7.81. The monoisotopic (exact) mass is 215 g/mol. The Balaban J connectivity index is 2.32. The summed E-state index contributed by atoms with van der Waals surface area (Å²) in [6.45, 7) is 0.825. The third kappa shape index (κ3) is 2.17. The summed E-state index contributed by atoms with van der Waals surface area (Å²) in [5, 5.41) is 0. The molecule has 2 aromatic rings. The third-order valence-corrected chi connectivity index (χ3v) is 2.42. The Hall–Kier alpha value is -1.94. The Morgan fingerprint density at radius 3 is 2.69 bits per heavy atom. The number of hydrogen-bond donors (Lipinski definition) is 1. The van der Waals surface area contributed by atoms with Gasteiger partial charge >= 0.3 is 0 Å². The molecule has 4 heteroatoms. The van der Waals surface area contributed by atoms with Crippen LogP contribution in [0.1, 0.15) is 11.1 Å². The van der Waals surface area contributed by atoms with Gasteiger partial charge in [0.05, 0.1) is 6.54 Å². The SMILES string of the molecule is NCc1cccn(Cc2ccncc2)c1=O. The molecule has 2 aromatic heterocycles. The molecule has 0 fully saturated rings. The van der Waals surface area contributed by atoms with Crippen molar-refractivity contribution in [1.29, 1.82) is 0 Å². The molecule has 0 aliphatic heterocycles. The van der Waals surface area contributed by atoms with Gasteiger partial charge in [0.1, 0.15) is 0 Å². The molecule has 2 N–H and O–H groups in total. The lowest BCUT2D eigenvalue weighted by Crippen LogP contribution is -2.24. The largest absolute Gasteiger partial charge is 0.326 e. The molecule has 82 valence electrons. The van der Waals surface area contributed by atoms with Gasteiger partial charge in [0.15, 0.2) is 0 Å². The second-order valence-electron chi connectivity index (χ2n) is 3.53. The Labute approximate surface area is 93.4 Å². The predicted octanol–water partition coefficient (Wildman–Crippen LogP) is 0.750. The van der Waals surface area contributed by atoms with Crippen molar-refractivity contribution in [2.24, 2.45) is 5.73 Å². The predicted molar refractivity (Wildman–Crippen MR) is 61.9 cm³/mol. The van der Waals surface area contributed by atoms with E-state index in [0.29, 0.717) is 12.1 Å². The number of aromatic nitrogens is 2. The second kappa shape index (κ2) is 4.72. The van der Waals surface area contributed by atoms with E-state index in [1.54, 1.807) is 29.2 Å². The van der Waals surface area contributed by atoms with E-state index in [-0.39, 0.29) is 12.1 Å². The standard InChI is InChI=1S/C12H13N3O/c13-8-11-2-1-7-15(12(11)16)9-10-3-5-14-6-4-10/h1-7H,8-9,13H2. The van der Waals surface area contributed by atoms with E-state index in [4.69, 9.17) is 5.73 Å². The highest BCUT2D eigenvalue weighted by Crippen LogP contribution is 1.99. The van der Waals surface area contributed by atoms with Crippen molar-refractivity contribution < 1.29 is 0 Å². The van der Waals surface area contributed by atoms with Crippen LogP contribution >= 0.6 is 0 Å². The highest BCUT2D eigenvalue weighted by Gasteiger charge is 2.01. The van der Waals surface area contributed by atoms with E-state index in [9.17, 15) is 4.79 Å². The number of rotatable bonds is 3. The lowest BCUT2D eigenvalue weighted by molar-refractivity contribution is 0.743. The van der Waals surface area contributed by atoms with E-state index < -0.39 is 0 Å². The number of nitrogens with two attached hydrogens (primary N) is 1. The van der Waals surface area contributed by atoms with Gasteiger partial charge in [-0.3, -0.25) is 9.78 Å². The highest BCUT2D eigenvalue weighted by atomic mass is 16.1. The number of hydrogen-bond acceptors (Lipinski definition) is 3. The van der Waals surface area contributed by atoms with Crippen LogP contribution in [0.15, 0.2) is 47.7 Å². The third-order valence-electron chi connectivity index (χ3n) is 2.42. The second-order valence-corrected chi connectivity index (χ2v) is 3.53. The molecular weight excluding hydrogens is 202 g/mol. The van der Waals surface area contributed by atoms with Gasteiger partial charge in [-0.25, -0.2) is 0 Å². The maximum Gasteiger partial charge on any atom is 0.255 e. The molecule has 0 bridgehead atoms. The van der Waals surface area contributed by atoms with E-state index >= 15 is 0 Å². The molecule has 0 aliphatic carbocycles. The summed E-state index contributed by atoms with van der Waals surface area (Å²) in [6.07, 6.45) is 5.20. The van der Waals surface area contributed by atoms with Crippen molar-refractivity contribution in [2.45, 2.75) is 13.1 Å². The molecule has 0 aliphatic rings. The Morgan fingerprint density at radius 1 is 1.25 bits per heavy atom. The van der Waals surface area contributed by atoms with Crippen molar-refractivity contribution >= 4 is 0 Å². The topological polar surface area (TPSA) is 60.9 Å². The zero-order chi connectivity index (χ0) is 11.4. The van der Waals surface area contributed by atoms with Crippen LogP contribution < -0.4 is 11.3 Å². The summed E-state index contributed by atoms with van der Waals surface area (Å²) < 4.78 is 1.65. The van der Waals surface area contributed by atoms with Crippen LogP contribution in [-0.2, 0) is 13.1 Å². The molecular formula is C12H13N3O. The van der Waals surface area contributed by atoms with Gasteiger partial charge in [-0.1, -0.05) is 6.07 Å². The quantitative estimate of drug-likeness (QED) is 0.821. The van der Waals surface area contributed by atoms with Crippen molar-refractivity contribution in [3.8, 4) is 0 Å². The lowest BCUT2D eigenvalue weighted by Gasteiger charge is -2.06. The molecule has 16 heavy (non-hydrogen) atoms. The first-order valence-corrected chi connectivity index (χ1v) is 5.08. The van der Waals surface area contributed by atoms with Gasteiger partial charge in [0.2, 0.25) is 0 Å². The molecule has 0 saturated carbocycles. The highest BCUT2D eigenvalue weighted by molar-refractivity contribution is 5.14. The van der Waals surface area contributed by atoms with Crippen molar-refractivity contribution in [3.63, 3.8) is 0 Å². The summed E-state index contributed by atoms with van der Waals surface area (Å²) in [6, 6.07) is 7.37. The summed E-state index contributed by atoms with van der Waals surface area (Å²) in [4.78, 5) is 15.8. The minimum atomic E-state index is -0.0261. The number of nitrogens with zero attached hydrogens (tertiary/aromatic N) is 2. The van der Waals surface area contributed by atoms with Crippen LogP contribution in [0.4, 0.5) is 0 Å². The fourth-order valence-electron chi connectivity index (χ4n) is 1.55. The molecule has 0 spiro atoms. The average Bonchev–Trinajstić information content (AvgIpc) is 2.33. The van der Waals surface area contributed by atoms with Gasteiger partial charge in [-0.15, -0.1) is 0 Å². The summed E-state index contributed by atoms with van der Waals surface area (Å²) >= 11 is 0. The van der Waals surface area contributed by atoms with Gasteiger partial charge < -0.3 is 10.3 Å². The molecule has 2 rings (SSSR count). The summed E-state index contributed by atoms with van der Waals surface area (Å²) in [5.41, 5.74) is 7.15. The summed E-state index contributed by atoms with van der Waals surface area (Å²) in [5.74, 6) is 0. The minimum Gasteiger partial charge on any atom is -0.326 e. The fourth-order valence-corrected chi connectivity index (χ4v) is 1.55. The molecule has 0 aromatic carbocycles. The van der Waals surface area contributed by atoms with Gasteiger partial charge in [-0.05, 0) is 23.8 Å². The zero-order valence-corrected chi connectivity index (χ0v) is 8.84. The van der Waals surface area contributed by atoms with Crippen LogP contribution in [0.2, 0.25) is 0 Å². The minimum absolute atomic E-state index is 0.0261. The zero-order valence-electron chi connectivity index (χ0n) is 8.84. The maximum absolute atomic E-state index is 11.9. The van der Waals surface area contributed by atoms with E-state index in [0.717, 1.165) is 5.56 Å². The molecule has 0 atom stereocenters. The Kier molecular flexibility index (Phi) is 3.12. The van der Waals surface area contributed by atoms with Gasteiger partial charge in [0, 0.05) is 30.7 Å². The van der Waals surface area contributed by atoms with Crippen molar-refractivity contribution in [3.05, 3.63) is 64.3 Å². The van der Waals surface area contributed by atoms with Gasteiger partial charge in [0.25, 0.3) is 5.56 Å². The average molecular weight is 215 g/mol. The van der Waals surface area contributed by atoms with Crippen molar-refractivity contribution in [2.75, 3.05) is 0 Å². The first-order valence-electron chi connectivity index (χ1n) is 5.08.